The number of nitrogens with one attached hydrogen (secondary N) is 2. The van der Waals surface area contributed by atoms with Gasteiger partial charge >= 0.3 is 0 Å². The maximum absolute atomic E-state index is 11.5. The van der Waals surface area contributed by atoms with E-state index in [0.29, 0.717) is 19.0 Å². The van der Waals surface area contributed by atoms with Gasteiger partial charge in [-0.25, -0.2) is 0 Å². The Kier molecular flexibility index (Phi) is 8.46. The van der Waals surface area contributed by atoms with Crippen molar-refractivity contribution in [1.82, 2.24) is 10.6 Å². The third kappa shape index (κ3) is 6.97. The van der Waals surface area contributed by atoms with E-state index in [9.17, 15) is 4.79 Å². The smallest absolute Gasteiger partial charge is 0.220 e. The lowest BCUT2D eigenvalue weighted by Crippen LogP contribution is -2.37. The molecule has 1 aromatic carbocycles. The molecular formula is C13H21ClN2O. The van der Waals surface area contributed by atoms with E-state index in [-0.39, 0.29) is 18.3 Å². The standard InChI is InChI=1S/C13H20N2O.ClH/c1-11(14-2)10-15-13(16)9-8-12-6-4-3-5-7-12;/h3-7,11,14H,8-10H2,1-2H3,(H,15,16);1H. The number of carbonyl (C=O) groups excluding carboxylic acids is 1. The van der Waals surface area contributed by atoms with Gasteiger partial charge in [0, 0.05) is 19.0 Å². The van der Waals surface area contributed by atoms with Crippen molar-refractivity contribution in [2.75, 3.05) is 13.6 Å². The van der Waals surface area contributed by atoms with E-state index in [0.717, 1.165) is 6.42 Å². The van der Waals surface area contributed by atoms with Crippen LogP contribution in [0, 0.1) is 0 Å². The maximum Gasteiger partial charge on any atom is 0.220 e. The Morgan fingerprint density at radius 3 is 2.53 bits per heavy atom. The molecule has 0 saturated heterocycles. The zero-order valence-electron chi connectivity index (χ0n) is 10.4. The van der Waals surface area contributed by atoms with Crippen LogP contribution in [0.25, 0.3) is 0 Å². The zero-order valence-corrected chi connectivity index (χ0v) is 11.2. The molecule has 1 atom stereocenters. The van der Waals surface area contributed by atoms with Gasteiger partial charge in [0.15, 0.2) is 0 Å². The fourth-order valence-corrected chi connectivity index (χ4v) is 1.36. The molecule has 96 valence electrons. The fraction of sp³-hybridized carbons (Fsp3) is 0.462. The van der Waals surface area contributed by atoms with E-state index >= 15 is 0 Å². The van der Waals surface area contributed by atoms with Gasteiger partial charge in [-0.2, -0.15) is 0 Å². The zero-order chi connectivity index (χ0) is 11.8. The molecule has 2 N–H and O–H groups in total. The SMILES string of the molecule is CNC(C)CNC(=O)CCc1ccccc1.Cl. The van der Waals surface area contributed by atoms with Crippen LogP contribution >= 0.6 is 12.4 Å². The van der Waals surface area contributed by atoms with Gasteiger partial charge in [0.2, 0.25) is 5.91 Å². The number of rotatable bonds is 6. The molecule has 0 radical (unpaired) electrons. The molecule has 4 heteroatoms. The lowest BCUT2D eigenvalue weighted by molar-refractivity contribution is -0.121. The third-order valence-corrected chi connectivity index (χ3v) is 2.58. The van der Waals surface area contributed by atoms with Crippen LogP contribution in [0.3, 0.4) is 0 Å². The molecule has 0 aliphatic rings. The van der Waals surface area contributed by atoms with Gasteiger partial charge in [-0.15, -0.1) is 12.4 Å². The molecule has 1 rings (SSSR count). The molecule has 1 aromatic rings. The number of carbonyl (C=O) groups is 1. The predicted molar refractivity (Wildman–Crippen MR) is 73.5 cm³/mol. The molecule has 0 spiro atoms. The molecule has 0 fully saturated rings. The van der Waals surface area contributed by atoms with Gasteiger partial charge in [0.1, 0.15) is 0 Å². The van der Waals surface area contributed by atoms with Gasteiger partial charge in [0.25, 0.3) is 0 Å². The van der Waals surface area contributed by atoms with Gasteiger partial charge in [-0.05, 0) is 26.0 Å². The summed E-state index contributed by atoms with van der Waals surface area (Å²) in [6.45, 7) is 2.72. The Balaban J connectivity index is 0.00000256. The van der Waals surface area contributed by atoms with Gasteiger partial charge < -0.3 is 10.6 Å². The monoisotopic (exact) mass is 256 g/mol. The van der Waals surface area contributed by atoms with Crippen molar-refractivity contribution in [3.05, 3.63) is 35.9 Å². The second-order valence-electron chi connectivity index (χ2n) is 3.98. The summed E-state index contributed by atoms with van der Waals surface area (Å²) >= 11 is 0. The normalized spacial score (nSPS) is 11.4. The van der Waals surface area contributed by atoms with E-state index in [4.69, 9.17) is 0 Å². The predicted octanol–water partition coefficient (Wildman–Crippen LogP) is 1.77. The summed E-state index contributed by atoms with van der Waals surface area (Å²) in [5.74, 6) is 0.117. The molecule has 0 aliphatic carbocycles. The number of hydrogen-bond donors (Lipinski definition) is 2. The summed E-state index contributed by atoms with van der Waals surface area (Å²) in [5, 5.41) is 5.98. The first kappa shape index (κ1) is 15.9. The Morgan fingerprint density at radius 2 is 1.94 bits per heavy atom. The number of halogens is 1. The second-order valence-corrected chi connectivity index (χ2v) is 3.98. The summed E-state index contributed by atoms with van der Waals surface area (Å²) in [7, 11) is 1.89. The number of likely N-dealkylation sites (N-methyl/N-ethyl adjacent to an activating group) is 1. The van der Waals surface area contributed by atoms with Crippen LogP contribution in [-0.2, 0) is 11.2 Å². The van der Waals surface area contributed by atoms with Crippen LogP contribution in [0.15, 0.2) is 30.3 Å². The average molecular weight is 257 g/mol. The van der Waals surface area contributed by atoms with E-state index < -0.39 is 0 Å². The Morgan fingerprint density at radius 1 is 1.29 bits per heavy atom. The highest BCUT2D eigenvalue weighted by atomic mass is 35.5. The van der Waals surface area contributed by atoms with E-state index in [2.05, 4.69) is 10.6 Å². The van der Waals surface area contributed by atoms with Gasteiger partial charge in [0.05, 0.1) is 0 Å². The van der Waals surface area contributed by atoms with Crippen LogP contribution in [0.2, 0.25) is 0 Å². The minimum Gasteiger partial charge on any atom is -0.355 e. The molecule has 1 amide bonds. The van der Waals surface area contributed by atoms with Crippen molar-refractivity contribution in [1.29, 1.82) is 0 Å². The first-order valence-corrected chi connectivity index (χ1v) is 5.70. The minimum atomic E-state index is 0. The van der Waals surface area contributed by atoms with Crippen LogP contribution < -0.4 is 10.6 Å². The summed E-state index contributed by atoms with van der Waals surface area (Å²) in [6.07, 6.45) is 1.36. The molecule has 0 heterocycles. The summed E-state index contributed by atoms with van der Waals surface area (Å²) in [4.78, 5) is 11.5. The van der Waals surface area contributed by atoms with Crippen molar-refractivity contribution >= 4 is 18.3 Å². The third-order valence-electron chi connectivity index (χ3n) is 2.58. The minimum absolute atomic E-state index is 0. The molecule has 17 heavy (non-hydrogen) atoms. The molecule has 0 aliphatic heterocycles. The quantitative estimate of drug-likeness (QED) is 0.815. The van der Waals surface area contributed by atoms with E-state index in [1.54, 1.807) is 0 Å². The average Bonchev–Trinajstić information content (AvgIpc) is 2.34. The van der Waals surface area contributed by atoms with Crippen molar-refractivity contribution in [2.24, 2.45) is 0 Å². The van der Waals surface area contributed by atoms with Crippen LogP contribution in [0.5, 0.6) is 0 Å². The Bertz CT molecular complexity index is 316. The molecule has 0 aromatic heterocycles. The van der Waals surface area contributed by atoms with Gasteiger partial charge in [-0.3, -0.25) is 4.79 Å². The largest absolute Gasteiger partial charge is 0.355 e. The van der Waals surface area contributed by atoms with Crippen molar-refractivity contribution in [3.63, 3.8) is 0 Å². The Labute approximate surface area is 109 Å². The molecule has 0 bridgehead atoms. The first-order valence-electron chi connectivity index (χ1n) is 5.70. The van der Waals surface area contributed by atoms with Crippen molar-refractivity contribution in [3.8, 4) is 0 Å². The lowest BCUT2D eigenvalue weighted by Gasteiger charge is -2.11. The van der Waals surface area contributed by atoms with E-state index in [1.807, 2.05) is 44.3 Å². The first-order chi connectivity index (χ1) is 7.72. The number of hydrogen-bond acceptors (Lipinski definition) is 2. The second kappa shape index (κ2) is 9.02. The lowest BCUT2D eigenvalue weighted by atomic mass is 10.1. The van der Waals surface area contributed by atoms with E-state index in [1.165, 1.54) is 5.56 Å². The highest BCUT2D eigenvalue weighted by molar-refractivity contribution is 5.85. The topological polar surface area (TPSA) is 41.1 Å². The number of aryl methyl sites for hydroxylation is 1. The summed E-state index contributed by atoms with van der Waals surface area (Å²) in [6, 6.07) is 10.4. The molecular weight excluding hydrogens is 236 g/mol. The molecule has 1 unspecified atom stereocenters. The molecule has 0 saturated carbocycles. The van der Waals surface area contributed by atoms with Gasteiger partial charge in [-0.1, -0.05) is 30.3 Å². The van der Waals surface area contributed by atoms with Crippen molar-refractivity contribution < 1.29 is 4.79 Å². The highest BCUT2D eigenvalue weighted by Crippen LogP contribution is 2.01. The Hall–Kier alpha value is -1.06. The number of benzene rings is 1. The van der Waals surface area contributed by atoms with Crippen LogP contribution in [-0.4, -0.2) is 25.5 Å². The maximum atomic E-state index is 11.5. The van der Waals surface area contributed by atoms with Crippen molar-refractivity contribution in [2.45, 2.75) is 25.8 Å². The number of amides is 1. The fourth-order valence-electron chi connectivity index (χ4n) is 1.36. The summed E-state index contributed by atoms with van der Waals surface area (Å²) in [5.41, 5.74) is 1.21. The van der Waals surface area contributed by atoms with Crippen LogP contribution in [0.4, 0.5) is 0 Å². The van der Waals surface area contributed by atoms with Crippen LogP contribution in [0.1, 0.15) is 18.9 Å². The summed E-state index contributed by atoms with van der Waals surface area (Å²) < 4.78 is 0. The highest BCUT2D eigenvalue weighted by Gasteiger charge is 2.03. The molecule has 3 nitrogen and oxygen atoms in total.